The summed E-state index contributed by atoms with van der Waals surface area (Å²) in [6.45, 7) is 2.84. The molecule has 0 aliphatic rings. The predicted molar refractivity (Wildman–Crippen MR) is 109 cm³/mol. The minimum Gasteiger partial charge on any atom is -0.508 e. The highest BCUT2D eigenvalue weighted by atomic mass is 16.7. The number of rotatable bonds is 10. The van der Waals surface area contributed by atoms with Crippen LogP contribution in [0.15, 0.2) is 29.1 Å². The van der Waals surface area contributed by atoms with E-state index in [1.54, 1.807) is 12.1 Å². The number of imidazole rings is 1. The predicted octanol–water partition coefficient (Wildman–Crippen LogP) is 0.877. The fourth-order valence-electron chi connectivity index (χ4n) is 2.72. The first-order valence-corrected chi connectivity index (χ1v) is 9.57. The van der Waals surface area contributed by atoms with Gasteiger partial charge in [0.15, 0.2) is 11.5 Å². The van der Waals surface area contributed by atoms with Crippen LogP contribution in [0.1, 0.15) is 25.3 Å². The molecule has 2 aromatic heterocycles. The van der Waals surface area contributed by atoms with E-state index in [1.165, 1.54) is 16.7 Å². The van der Waals surface area contributed by atoms with Crippen molar-refractivity contribution in [2.45, 2.75) is 32.7 Å². The quantitative estimate of drug-likeness (QED) is 0.278. The molecule has 160 valence electrons. The van der Waals surface area contributed by atoms with Crippen LogP contribution in [0.5, 0.6) is 11.8 Å². The monoisotopic (exact) mass is 416 g/mol. The summed E-state index contributed by atoms with van der Waals surface area (Å²) in [5.74, 6) is -0.251. The van der Waals surface area contributed by atoms with Crippen LogP contribution in [0, 0.1) is 0 Å². The van der Waals surface area contributed by atoms with Crippen LogP contribution < -0.4 is 21.6 Å². The van der Waals surface area contributed by atoms with Crippen molar-refractivity contribution in [3.05, 3.63) is 40.3 Å². The van der Waals surface area contributed by atoms with Gasteiger partial charge in [-0.05, 0) is 24.1 Å². The number of hydrogen-bond donors (Lipinski definition) is 4. The number of hydroxylamine groups is 1. The Hall–Kier alpha value is -3.60. The summed E-state index contributed by atoms with van der Waals surface area (Å²) in [5.41, 5.74) is 9.38. The molecular weight excluding hydrogens is 392 g/mol. The van der Waals surface area contributed by atoms with Gasteiger partial charge in [0.1, 0.15) is 11.3 Å². The Balaban J connectivity index is 1.58. The second-order valence-corrected chi connectivity index (χ2v) is 6.59. The molecule has 0 amide bonds. The number of carbonyl (C=O) groups excluding carboxylic acids is 1. The molecule has 0 fully saturated rings. The van der Waals surface area contributed by atoms with Gasteiger partial charge in [-0.2, -0.15) is 15.4 Å². The molecule has 11 nitrogen and oxygen atoms in total. The lowest BCUT2D eigenvalue weighted by Gasteiger charge is -2.08. The summed E-state index contributed by atoms with van der Waals surface area (Å²) >= 11 is 0. The van der Waals surface area contributed by atoms with E-state index in [0.29, 0.717) is 23.3 Å². The Labute approximate surface area is 171 Å². The molecule has 1 aromatic carbocycles. The Morgan fingerprint density at radius 3 is 2.80 bits per heavy atom. The van der Waals surface area contributed by atoms with Gasteiger partial charge in [0.25, 0.3) is 0 Å². The minimum atomic E-state index is -0.495. The molecule has 0 atom stereocenters. The normalized spacial score (nSPS) is 11.0. The number of H-pyrrole nitrogens is 1. The SMILES string of the molecule is CCCCOc1nc(N)c2[nH]c(=O)n(CCNOC(=O)Cc3ccc(O)cc3)c2n1. The smallest absolute Gasteiger partial charge is 0.329 e. The summed E-state index contributed by atoms with van der Waals surface area (Å²) in [5, 5.41) is 9.26. The number of nitrogen functional groups attached to an aromatic ring is 1. The van der Waals surface area contributed by atoms with Crippen molar-refractivity contribution in [1.82, 2.24) is 25.0 Å². The molecule has 30 heavy (non-hydrogen) atoms. The number of phenolic OH excluding ortho intramolecular Hbond substituents is 1. The first kappa shape index (κ1) is 21.1. The average Bonchev–Trinajstić information content (AvgIpc) is 3.03. The number of aromatic nitrogens is 4. The van der Waals surface area contributed by atoms with Crippen molar-refractivity contribution in [2.75, 3.05) is 18.9 Å². The highest BCUT2D eigenvalue weighted by molar-refractivity contribution is 5.81. The van der Waals surface area contributed by atoms with Crippen molar-refractivity contribution in [3.63, 3.8) is 0 Å². The van der Waals surface area contributed by atoms with Gasteiger partial charge in [-0.25, -0.2) is 4.79 Å². The molecule has 0 saturated carbocycles. The molecule has 0 bridgehead atoms. The average molecular weight is 416 g/mol. The number of nitrogens with two attached hydrogens (primary N) is 1. The van der Waals surface area contributed by atoms with Crippen molar-refractivity contribution >= 4 is 23.0 Å². The van der Waals surface area contributed by atoms with Crippen molar-refractivity contribution in [1.29, 1.82) is 0 Å². The summed E-state index contributed by atoms with van der Waals surface area (Å²) in [6, 6.07) is 6.36. The molecular formula is C19H24N6O5. The van der Waals surface area contributed by atoms with E-state index in [-0.39, 0.29) is 37.1 Å². The van der Waals surface area contributed by atoms with Gasteiger partial charge < -0.3 is 25.4 Å². The van der Waals surface area contributed by atoms with Gasteiger partial charge in [0.2, 0.25) is 0 Å². The molecule has 0 spiro atoms. The van der Waals surface area contributed by atoms with E-state index < -0.39 is 11.7 Å². The lowest BCUT2D eigenvalue weighted by atomic mass is 10.1. The number of anilines is 1. The number of phenols is 1. The summed E-state index contributed by atoms with van der Waals surface area (Å²) < 4.78 is 6.85. The number of carbonyl (C=O) groups is 1. The number of nitrogens with zero attached hydrogens (tertiary/aromatic N) is 3. The maximum atomic E-state index is 12.2. The maximum Gasteiger partial charge on any atom is 0.329 e. The molecule has 3 aromatic rings. The van der Waals surface area contributed by atoms with Crippen molar-refractivity contribution in [2.24, 2.45) is 0 Å². The molecule has 3 rings (SSSR count). The molecule has 0 saturated heterocycles. The van der Waals surface area contributed by atoms with Crippen LogP contribution in [0.4, 0.5) is 5.82 Å². The Kier molecular flexibility index (Phi) is 6.86. The maximum absolute atomic E-state index is 12.2. The van der Waals surface area contributed by atoms with Crippen LogP contribution in [-0.2, 0) is 22.6 Å². The minimum absolute atomic E-state index is 0.0442. The van der Waals surface area contributed by atoms with Gasteiger partial charge in [-0.3, -0.25) is 9.36 Å². The van der Waals surface area contributed by atoms with Crippen molar-refractivity contribution < 1.29 is 19.5 Å². The zero-order valence-corrected chi connectivity index (χ0v) is 16.6. The van der Waals surface area contributed by atoms with Crippen LogP contribution in [0.3, 0.4) is 0 Å². The number of unbranched alkanes of at least 4 members (excludes halogenated alkanes) is 1. The number of ether oxygens (including phenoxy) is 1. The van der Waals surface area contributed by atoms with E-state index in [0.717, 1.165) is 12.8 Å². The fraction of sp³-hybridized carbons (Fsp3) is 0.368. The Morgan fingerprint density at radius 1 is 1.30 bits per heavy atom. The third-order valence-electron chi connectivity index (χ3n) is 4.27. The third kappa shape index (κ3) is 5.26. The van der Waals surface area contributed by atoms with Crippen LogP contribution in [-0.4, -0.2) is 43.7 Å². The fourth-order valence-corrected chi connectivity index (χ4v) is 2.72. The Morgan fingerprint density at radius 2 is 2.07 bits per heavy atom. The van der Waals surface area contributed by atoms with Crippen LogP contribution in [0.25, 0.3) is 11.2 Å². The van der Waals surface area contributed by atoms with Crippen molar-refractivity contribution in [3.8, 4) is 11.8 Å². The van der Waals surface area contributed by atoms with Gasteiger partial charge in [0.05, 0.1) is 19.6 Å². The molecule has 2 heterocycles. The number of aromatic amines is 1. The molecule has 0 radical (unpaired) electrons. The highest BCUT2D eigenvalue weighted by Crippen LogP contribution is 2.17. The van der Waals surface area contributed by atoms with Gasteiger partial charge >= 0.3 is 17.7 Å². The standard InChI is InChI=1S/C19H24N6O5/c1-2-3-10-29-18-23-16(20)15-17(24-18)25(19(28)22-15)9-8-21-30-14(27)11-12-4-6-13(26)7-5-12/h4-7,21,26H,2-3,8-11H2,1H3,(H,22,28)(H2,20,23,24). The van der Waals surface area contributed by atoms with E-state index in [1.807, 2.05) is 6.92 Å². The number of fused-ring (bicyclic) bond motifs is 1. The van der Waals surface area contributed by atoms with E-state index in [9.17, 15) is 14.7 Å². The molecule has 0 aliphatic heterocycles. The number of hydrogen-bond acceptors (Lipinski definition) is 9. The largest absolute Gasteiger partial charge is 0.508 e. The van der Waals surface area contributed by atoms with Gasteiger partial charge in [-0.1, -0.05) is 25.5 Å². The number of aromatic hydroxyl groups is 1. The van der Waals surface area contributed by atoms with Gasteiger partial charge in [0, 0.05) is 6.54 Å². The summed E-state index contributed by atoms with van der Waals surface area (Å²) in [6.07, 6.45) is 1.85. The first-order valence-electron chi connectivity index (χ1n) is 9.57. The second-order valence-electron chi connectivity index (χ2n) is 6.59. The lowest BCUT2D eigenvalue weighted by Crippen LogP contribution is -2.28. The number of nitrogens with one attached hydrogen (secondary N) is 2. The highest BCUT2D eigenvalue weighted by Gasteiger charge is 2.14. The lowest BCUT2D eigenvalue weighted by molar-refractivity contribution is -0.150. The topological polar surface area (TPSA) is 157 Å². The molecule has 5 N–H and O–H groups in total. The number of benzene rings is 1. The van der Waals surface area contributed by atoms with Gasteiger partial charge in [-0.15, -0.1) is 0 Å². The molecule has 11 heteroatoms. The summed E-state index contributed by atoms with van der Waals surface area (Å²) in [4.78, 5) is 40.0. The van der Waals surface area contributed by atoms with Crippen LogP contribution in [0.2, 0.25) is 0 Å². The zero-order chi connectivity index (χ0) is 21.5. The molecule has 0 unspecified atom stereocenters. The second kappa shape index (κ2) is 9.74. The first-order chi connectivity index (χ1) is 14.5. The molecule has 0 aliphatic carbocycles. The zero-order valence-electron chi connectivity index (χ0n) is 16.6. The van der Waals surface area contributed by atoms with Crippen LogP contribution >= 0.6 is 0 Å². The van der Waals surface area contributed by atoms with E-state index in [4.69, 9.17) is 15.3 Å². The third-order valence-corrected chi connectivity index (χ3v) is 4.27. The van der Waals surface area contributed by atoms with E-state index >= 15 is 0 Å². The Bertz CT molecular complexity index is 1060. The summed E-state index contributed by atoms with van der Waals surface area (Å²) in [7, 11) is 0. The van der Waals surface area contributed by atoms with E-state index in [2.05, 4.69) is 20.4 Å².